The van der Waals surface area contributed by atoms with Gasteiger partial charge in [-0.15, -0.1) is 0 Å². The van der Waals surface area contributed by atoms with Crippen LogP contribution in [0, 0.1) is 21.7 Å². The van der Waals surface area contributed by atoms with Crippen molar-refractivity contribution < 1.29 is 23.3 Å². The van der Waals surface area contributed by atoms with E-state index < -0.39 is 28.4 Å². The summed E-state index contributed by atoms with van der Waals surface area (Å²) in [5, 5.41) is 16.6. The predicted molar refractivity (Wildman–Crippen MR) is 93.3 cm³/mol. The van der Waals surface area contributed by atoms with Gasteiger partial charge in [-0.05, 0) is 31.2 Å². The minimum absolute atomic E-state index is 0.148. The fraction of sp³-hybridized carbons (Fsp3) is 0.118. The van der Waals surface area contributed by atoms with E-state index in [0.29, 0.717) is 6.07 Å². The molecule has 2 aromatic carbocycles. The molecule has 10 heteroatoms. The Hall–Kier alpha value is -3.69. The Labute approximate surface area is 152 Å². The number of halogens is 2. The second-order valence-electron chi connectivity index (χ2n) is 5.44. The van der Waals surface area contributed by atoms with Crippen molar-refractivity contribution in [3.63, 3.8) is 0 Å². The zero-order valence-electron chi connectivity index (χ0n) is 14.0. The minimum Gasteiger partial charge on any atom is -0.323 e. The molecular weight excluding hydrogens is 362 g/mol. The number of non-ortho nitro benzene ring substituents is 1. The maximum absolute atomic E-state index is 13.5. The number of nitro benzene ring substituents is 1. The molecule has 8 nitrogen and oxygen atoms in total. The van der Waals surface area contributed by atoms with Gasteiger partial charge in [0, 0.05) is 29.5 Å². The van der Waals surface area contributed by atoms with Crippen molar-refractivity contribution in [1.29, 1.82) is 0 Å². The topological polar surface area (TPSA) is 114 Å². The van der Waals surface area contributed by atoms with Gasteiger partial charge in [-0.2, -0.15) is 5.10 Å². The molecule has 0 heterocycles. The SMILES string of the molecule is C/C(CC(=O)Nc1ccc(F)cc1F)=N\NC(=O)c1ccc([N+](=O)[O-])cc1. The Morgan fingerprint density at radius 3 is 2.41 bits per heavy atom. The van der Waals surface area contributed by atoms with E-state index in [-0.39, 0.29) is 29.1 Å². The summed E-state index contributed by atoms with van der Waals surface area (Å²) in [4.78, 5) is 33.7. The average molecular weight is 376 g/mol. The van der Waals surface area contributed by atoms with Crippen molar-refractivity contribution in [2.75, 3.05) is 5.32 Å². The van der Waals surface area contributed by atoms with Crippen molar-refractivity contribution in [3.8, 4) is 0 Å². The molecule has 0 aliphatic rings. The summed E-state index contributed by atoms with van der Waals surface area (Å²) >= 11 is 0. The molecule has 0 saturated heterocycles. The van der Waals surface area contributed by atoms with Gasteiger partial charge in [-0.25, -0.2) is 14.2 Å². The first kappa shape index (κ1) is 19.6. The first-order chi connectivity index (χ1) is 12.8. The zero-order valence-corrected chi connectivity index (χ0v) is 14.0. The van der Waals surface area contributed by atoms with E-state index in [9.17, 15) is 28.5 Å². The summed E-state index contributed by atoms with van der Waals surface area (Å²) in [5.74, 6) is -2.90. The summed E-state index contributed by atoms with van der Waals surface area (Å²) in [6.45, 7) is 1.47. The van der Waals surface area contributed by atoms with E-state index in [1.807, 2.05) is 0 Å². The average Bonchev–Trinajstić information content (AvgIpc) is 2.62. The Morgan fingerprint density at radius 2 is 1.81 bits per heavy atom. The van der Waals surface area contributed by atoms with E-state index in [1.165, 1.54) is 31.2 Å². The van der Waals surface area contributed by atoms with Crippen LogP contribution < -0.4 is 10.7 Å². The fourth-order valence-corrected chi connectivity index (χ4v) is 2.00. The van der Waals surface area contributed by atoms with Crippen LogP contribution in [-0.2, 0) is 4.79 Å². The molecule has 0 aliphatic carbocycles. The quantitative estimate of drug-likeness (QED) is 0.458. The highest BCUT2D eigenvalue weighted by atomic mass is 19.1. The summed E-state index contributed by atoms with van der Waals surface area (Å²) in [7, 11) is 0. The molecule has 2 N–H and O–H groups in total. The van der Waals surface area contributed by atoms with Crippen molar-refractivity contribution in [3.05, 3.63) is 69.8 Å². The number of carbonyl (C=O) groups is 2. The zero-order chi connectivity index (χ0) is 20.0. The van der Waals surface area contributed by atoms with Crippen LogP contribution >= 0.6 is 0 Å². The summed E-state index contributed by atoms with van der Waals surface area (Å²) in [6.07, 6.45) is -0.239. The number of benzene rings is 2. The van der Waals surface area contributed by atoms with Crippen LogP contribution in [0.2, 0.25) is 0 Å². The maximum atomic E-state index is 13.5. The number of amides is 2. The third kappa shape index (κ3) is 5.66. The molecule has 0 aliphatic heterocycles. The molecule has 0 aromatic heterocycles. The smallest absolute Gasteiger partial charge is 0.271 e. The van der Waals surface area contributed by atoms with E-state index in [0.717, 1.165) is 12.1 Å². The number of carbonyl (C=O) groups excluding carboxylic acids is 2. The van der Waals surface area contributed by atoms with Crippen LogP contribution in [0.15, 0.2) is 47.6 Å². The minimum atomic E-state index is -0.913. The number of rotatable bonds is 6. The third-order valence-corrected chi connectivity index (χ3v) is 3.31. The molecule has 140 valence electrons. The largest absolute Gasteiger partial charge is 0.323 e. The van der Waals surface area contributed by atoms with Crippen molar-refractivity contribution in [2.45, 2.75) is 13.3 Å². The second kappa shape index (κ2) is 8.61. The number of hydrogen-bond acceptors (Lipinski definition) is 5. The standard InChI is InChI=1S/C17H14F2N4O4/c1-10(8-16(24)20-15-7-4-12(18)9-14(15)19)21-22-17(25)11-2-5-13(6-3-11)23(26)27/h2-7,9H,8H2,1H3,(H,20,24)(H,22,25)/b21-10+. The molecule has 0 atom stereocenters. The van der Waals surface area contributed by atoms with E-state index in [4.69, 9.17) is 0 Å². The summed E-state index contributed by atoms with van der Waals surface area (Å²) < 4.78 is 26.3. The van der Waals surface area contributed by atoms with Crippen LogP contribution in [-0.4, -0.2) is 22.4 Å². The molecular formula is C17H14F2N4O4. The van der Waals surface area contributed by atoms with E-state index >= 15 is 0 Å². The highest BCUT2D eigenvalue weighted by Crippen LogP contribution is 2.15. The predicted octanol–water partition coefficient (Wildman–Crippen LogP) is 3.01. The molecule has 0 fully saturated rings. The van der Waals surface area contributed by atoms with E-state index in [2.05, 4.69) is 15.8 Å². The fourth-order valence-electron chi connectivity index (χ4n) is 2.00. The van der Waals surface area contributed by atoms with Gasteiger partial charge in [0.05, 0.1) is 17.0 Å². The molecule has 2 aromatic rings. The molecule has 0 saturated carbocycles. The summed E-state index contributed by atoms with van der Waals surface area (Å²) in [5.41, 5.74) is 2.25. The lowest BCUT2D eigenvalue weighted by atomic mass is 10.2. The van der Waals surface area contributed by atoms with Crippen LogP contribution in [0.5, 0.6) is 0 Å². The number of hydrogen-bond donors (Lipinski definition) is 2. The van der Waals surface area contributed by atoms with Crippen LogP contribution in [0.25, 0.3) is 0 Å². The third-order valence-electron chi connectivity index (χ3n) is 3.31. The number of nitrogens with zero attached hydrogens (tertiary/aromatic N) is 2. The van der Waals surface area contributed by atoms with Gasteiger partial charge in [-0.3, -0.25) is 19.7 Å². The van der Waals surface area contributed by atoms with Crippen molar-refractivity contribution >= 4 is 28.9 Å². The first-order valence-electron chi connectivity index (χ1n) is 7.59. The number of anilines is 1. The Kier molecular flexibility index (Phi) is 6.26. The highest BCUT2D eigenvalue weighted by Gasteiger charge is 2.11. The first-order valence-corrected chi connectivity index (χ1v) is 7.59. The van der Waals surface area contributed by atoms with Crippen molar-refractivity contribution in [1.82, 2.24) is 5.43 Å². The Bertz CT molecular complexity index is 914. The Balaban J connectivity index is 1.91. The number of nitro groups is 1. The van der Waals surface area contributed by atoms with Gasteiger partial charge in [0.1, 0.15) is 11.6 Å². The molecule has 27 heavy (non-hydrogen) atoms. The van der Waals surface area contributed by atoms with Gasteiger partial charge in [0.2, 0.25) is 5.91 Å². The molecule has 0 bridgehead atoms. The molecule has 0 unspecified atom stereocenters. The van der Waals surface area contributed by atoms with Crippen molar-refractivity contribution in [2.24, 2.45) is 5.10 Å². The van der Waals surface area contributed by atoms with E-state index in [1.54, 1.807) is 0 Å². The van der Waals surface area contributed by atoms with Crippen LogP contribution in [0.1, 0.15) is 23.7 Å². The molecule has 2 amide bonds. The molecule has 2 rings (SSSR count). The second-order valence-corrected chi connectivity index (χ2v) is 5.44. The normalized spacial score (nSPS) is 11.0. The lowest BCUT2D eigenvalue weighted by Gasteiger charge is -2.06. The molecule has 0 spiro atoms. The van der Waals surface area contributed by atoms with Gasteiger partial charge in [-0.1, -0.05) is 0 Å². The monoisotopic (exact) mass is 376 g/mol. The highest BCUT2D eigenvalue weighted by molar-refractivity contribution is 6.06. The Morgan fingerprint density at radius 1 is 1.15 bits per heavy atom. The lowest BCUT2D eigenvalue weighted by Crippen LogP contribution is -2.21. The van der Waals surface area contributed by atoms with Gasteiger partial charge >= 0.3 is 0 Å². The number of hydrazone groups is 1. The van der Waals surface area contributed by atoms with Crippen LogP contribution in [0.4, 0.5) is 20.2 Å². The summed E-state index contributed by atoms with van der Waals surface area (Å²) in [6, 6.07) is 7.62. The maximum Gasteiger partial charge on any atom is 0.271 e. The molecule has 0 radical (unpaired) electrons. The number of nitrogens with one attached hydrogen (secondary N) is 2. The van der Waals surface area contributed by atoms with Gasteiger partial charge in [0.25, 0.3) is 11.6 Å². The van der Waals surface area contributed by atoms with Crippen LogP contribution in [0.3, 0.4) is 0 Å². The van der Waals surface area contributed by atoms with Gasteiger partial charge in [0.15, 0.2) is 0 Å². The van der Waals surface area contributed by atoms with Gasteiger partial charge < -0.3 is 5.32 Å². The lowest BCUT2D eigenvalue weighted by molar-refractivity contribution is -0.384.